The summed E-state index contributed by atoms with van der Waals surface area (Å²) < 4.78 is 39.0. The van der Waals surface area contributed by atoms with Crippen LogP contribution in [0.2, 0.25) is 5.02 Å². The number of nitrogens with one attached hydrogen (secondary N) is 1. The number of carbonyl (C=O) groups excluding carboxylic acids is 1. The summed E-state index contributed by atoms with van der Waals surface area (Å²) >= 11 is 5.63. The quantitative estimate of drug-likeness (QED) is 0.855. The van der Waals surface area contributed by atoms with Crippen LogP contribution in [0.15, 0.2) is 30.5 Å². The fourth-order valence-electron chi connectivity index (χ4n) is 2.79. The van der Waals surface area contributed by atoms with Crippen molar-refractivity contribution in [1.29, 1.82) is 0 Å². The van der Waals surface area contributed by atoms with Crippen LogP contribution in [0.3, 0.4) is 0 Å². The first-order valence-electron chi connectivity index (χ1n) is 8.21. The molecule has 27 heavy (non-hydrogen) atoms. The van der Waals surface area contributed by atoms with Crippen molar-refractivity contribution in [2.24, 2.45) is 0 Å². The van der Waals surface area contributed by atoms with Crippen LogP contribution < -0.4 is 10.2 Å². The summed E-state index contributed by atoms with van der Waals surface area (Å²) in [5, 5.41) is 2.41. The van der Waals surface area contributed by atoms with Crippen LogP contribution in [0.5, 0.6) is 0 Å². The summed E-state index contributed by atoms with van der Waals surface area (Å²) in [5.74, 6) is 0.848. The topological polar surface area (TPSA) is 61.4 Å². The molecular weight excluding hydrogens is 383 g/mol. The zero-order chi connectivity index (χ0) is 19.6. The van der Waals surface area contributed by atoms with Gasteiger partial charge in [-0.25, -0.2) is 4.98 Å². The molecule has 10 heteroatoms. The Hall–Kier alpha value is -2.55. The second-order valence-electron chi connectivity index (χ2n) is 6.05. The van der Waals surface area contributed by atoms with Crippen LogP contribution in [0.4, 0.5) is 30.6 Å². The van der Waals surface area contributed by atoms with Gasteiger partial charge in [0.05, 0.1) is 10.6 Å². The van der Waals surface area contributed by atoms with Gasteiger partial charge < -0.3 is 15.1 Å². The second-order valence-corrected chi connectivity index (χ2v) is 6.46. The van der Waals surface area contributed by atoms with Crippen LogP contribution in [0.1, 0.15) is 12.5 Å². The van der Waals surface area contributed by atoms with Crippen molar-refractivity contribution >= 4 is 35.0 Å². The van der Waals surface area contributed by atoms with Gasteiger partial charge in [0.1, 0.15) is 5.82 Å². The number of halogens is 4. The van der Waals surface area contributed by atoms with Gasteiger partial charge in [-0.05, 0) is 24.3 Å². The minimum atomic E-state index is -4.55. The Labute approximate surface area is 159 Å². The maximum atomic E-state index is 13.0. The summed E-state index contributed by atoms with van der Waals surface area (Å²) in [4.78, 5) is 23.6. The first kappa shape index (κ1) is 19.2. The number of hydrogen-bond donors (Lipinski definition) is 1. The van der Waals surface area contributed by atoms with E-state index in [2.05, 4.69) is 15.3 Å². The molecule has 0 bridgehead atoms. The summed E-state index contributed by atoms with van der Waals surface area (Å²) in [7, 11) is 0. The van der Waals surface area contributed by atoms with Gasteiger partial charge in [0.2, 0.25) is 11.9 Å². The fraction of sp³-hybridized carbons (Fsp3) is 0.353. The molecule has 2 aromatic rings. The number of aromatic nitrogens is 2. The van der Waals surface area contributed by atoms with Gasteiger partial charge in [0.25, 0.3) is 0 Å². The van der Waals surface area contributed by atoms with Crippen molar-refractivity contribution < 1.29 is 18.0 Å². The highest BCUT2D eigenvalue weighted by Gasteiger charge is 2.33. The number of rotatable bonds is 3. The number of carbonyl (C=O) groups is 1. The second kappa shape index (κ2) is 7.59. The molecule has 6 nitrogen and oxygen atoms in total. The third kappa shape index (κ3) is 4.60. The minimum Gasteiger partial charge on any atom is -0.353 e. The Bertz CT molecular complexity index is 838. The fourth-order valence-corrected chi connectivity index (χ4v) is 3.01. The molecular formula is C17H17ClF3N5O. The molecule has 0 saturated carbocycles. The molecule has 1 saturated heterocycles. The van der Waals surface area contributed by atoms with E-state index >= 15 is 0 Å². The van der Waals surface area contributed by atoms with E-state index in [0.717, 1.165) is 6.07 Å². The lowest BCUT2D eigenvalue weighted by Crippen LogP contribution is -2.48. The van der Waals surface area contributed by atoms with Gasteiger partial charge in [-0.3, -0.25) is 4.79 Å². The smallest absolute Gasteiger partial charge is 0.353 e. The Morgan fingerprint density at radius 2 is 1.89 bits per heavy atom. The van der Waals surface area contributed by atoms with E-state index in [1.165, 1.54) is 25.3 Å². The van der Waals surface area contributed by atoms with E-state index in [1.54, 1.807) is 11.0 Å². The van der Waals surface area contributed by atoms with E-state index in [0.29, 0.717) is 32.0 Å². The summed E-state index contributed by atoms with van der Waals surface area (Å²) in [5.41, 5.74) is -0.740. The minimum absolute atomic E-state index is 0.0305. The summed E-state index contributed by atoms with van der Waals surface area (Å²) in [6.07, 6.45) is -3.02. The number of benzene rings is 1. The molecule has 0 atom stereocenters. The van der Waals surface area contributed by atoms with Gasteiger partial charge in [0.15, 0.2) is 0 Å². The molecule has 3 rings (SSSR count). The predicted octanol–water partition coefficient (Wildman–Crippen LogP) is 3.56. The van der Waals surface area contributed by atoms with Gasteiger partial charge >= 0.3 is 6.18 Å². The van der Waals surface area contributed by atoms with Crippen molar-refractivity contribution in [2.45, 2.75) is 13.1 Å². The maximum absolute atomic E-state index is 13.0. The average molecular weight is 400 g/mol. The lowest BCUT2D eigenvalue weighted by Gasteiger charge is -2.34. The molecule has 0 unspecified atom stereocenters. The van der Waals surface area contributed by atoms with E-state index in [1.807, 2.05) is 4.90 Å². The number of alkyl halides is 3. The number of hydrogen-bond acceptors (Lipinski definition) is 5. The normalized spacial score (nSPS) is 15.0. The van der Waals surface area contributed by atoms with Crippen molar-refractivity contribution in [2.75, 3.05) is 36.4 Å². The lowest BCUT2D eigenvalue weighted by atomic mass is 10.2. The van der Waals surface area contributed by atoms with Gasteiger partial charge in [-0.15, -0.1) is 0 Å². The highest BCUT2D eigenvalue weighted by molar-refractivity contribution is 6.31. The monoisotopic (exact) mass is 399 g/mol. The third-order valence-corrected chi connectivity index (χ3v) is 4.55. The molecule has 144 valence electrons. The largest absolute Gasteiger partial charge is 0.417 e. The molecule has 0 radical (unpaired) electrons. The van der Waals surface area contributed by atoms with Gasteiger partial charge in [0, 0.05) is 45.0 Å². The highest BCUT2D eigenvalue weighted by atomic mass is 35.5. The Morgan fingerprint density at radius 1 is 1.19 bits per heavy atom. The zero-order valence-corrected chi connectivity index (χ0v) is 15.2. The molecule has 0 aliphatic carbocycles. The Morgan fingerprint density at radius 3 is 2.52 bits per heavy atom. The molecule has 1 aromatic carbocycles. The van der Waals surface area contributed by atoms with Crippen LogP contribution in [-0.2, 0) is 11.0 Å². The van der Waals surface area contributed by atoms with E-state index in [-0.39, 0.29) is 22.6 Å². The van der Waals surface area contributed by atoms with Crippen LogP contribution in [0, 0.1) is 0 Å². The molecule has 1 aliphatic rings. The Kier molecular flexibility index (Phi) is 5.41. The molecule has 1 amide bonds. The van der Waals surface area contributed by atoms with Crippen molar-refractivity contribution in [3.63, 3.8) is 0 Å². The molecule has 1 aliphatic heterocycles. The number of amides is 1. The predicted molar refractivity (Wildman–Crippen MR) is 96.2 cm³/mol. The highest BCUT2D eigenvalue weighted by Crippen LogP contribution is 2.36. The standard InChI is InChI=1S/C17H17ClF3N5O/c1-11(27)25-6-8-26(9-7-25)15-4-5-22-16(24-15)23-12-2-3-14(18)13(10-12)17(19,20)21/h2-5,10H,6-9H2,1H3,(H,22,23,24). The summed E-state index contributed by atoms with van der Waals surface area (Å²) in [6, 6.07) is 5.25. The third-order valence-electron chi connectivity index (χ3n) is 4.22. The molecule has 1 fully saturated rings. The average Bonchev–Trinajstić information content (AvgIpc) is 2.63. The first-order chi connectivity index (χ1) is 12.7. The number of anilines is 3. The van der Waals surface area contributed by atoms with E-state index < -0.39 is 11.7 Å². The lowest BCUT2D eigenvalue weighted by molar-refractivity contribution is -0.137. The van der Waals surface area contributed by atoms with Crippen LogP contribution in [0.25, 0.3) is 0 Å². The van der Waals surface area contributed by atoms with Gasteiger partial charge in [-0.2, -0.15) is 18.2 Å². The van der Waals surface area contributed by atoms with Crippen LogP contribution in [-0.4, -0.2) is 47.0 Å². The van der Waals surface area contributed by atoms with Crippen molar-refractivity contribution in [3.05, 3.63) is 41.0 Å². The zero-order valence-electron chi connectivity index (χ0n) is 14.4. The van der Waals surface area contributed by atoms with E-state index in [4.69, 9.17) is 11.6 Å². The number of nitrogens with zero attached hydrogens (tertiary/aromatic N) is 4. The molecule has 2 heterocycles. The summed E-state index contributed by atoms with van der Waals surface area (Å²) in [6.45, 7) is 3.95. The molecule has 1 N–H and O–H groups in total. The van der Waals surface area contributed by atoms with Gasteiger partial charge in [-0.1, -0.05) is 11.6 Å². The maximum Gasteiger partial charge on any atom is 0.417 e. The first-order valence-corrected chi connectivity index (χ1v) is 8.59. The molecule has 0 spiro atoms. The molecule has 1 aromatic heterocycles. The number of piperazine rings is 1. The van der Waals surface area contributed by atoms with Crippen LogP contribution >= 0.6 is 11.6 Å². The Balaban J connectivity index is 1.74. The SMILES string of the molecule is CC(=O)N1CCN(c2ccnc(Nc3ccc(Cl)c(C(F)(F)F)c3)n2)CC1. The van der Waals surface area contributed by atoms with Crippen molar-refractivity contribution in [1.82, 2.24) is 14.9 Å². The van der Waals surface area contributed by atoms with Crippen molar-refractivity contribution in [3.8, 4) is 0 Å². The van der Waals surface area contributed by atoms with E-state index in [9.17, 15) is 18.0 Å².